The first-order valence-corrected chi connectivity index (χ1v) is 6.24. The zero-order valence-electron chi connectivity index (χ0n) is 10.4. The van der Waals surface area contributed by atoms with Gasteiger partial charge in [-0.1, -0.05) is 0 Å². The minimum Gasteiger partial charge on any atom is -0.481 e. The summed E-state index contributed by atoms with van der Waals surface area (Å²) in [5, 5.41) is 8.58. The molecule has 17 heavy (non-hydrogen) atoms. The van der Waals surface area contributed by atoms with Crippen LogP contribution in [0.5, 0.6) is 0 Å². The van der Waals surface area contributed by atoms with Crippen molar-refractivity contribution in [3.8, 4) is 0 Å². The number of hydrogen-bond acceptors (Lipinski definition) is 3. The number of nitrogens with zero attached hydrogens (tertiary/aromatic N) is 1. The molecule has 1 fully saturated rings. The zero-order chi connectivity index (χ0) is 12.7. The first-order chi connectivity index (χ1) is 8.13. The lowest BCUT2D eigenvalue weighted by molar-refractivity contribution is -0.138. The number of carbonyl (C=O) groups is 2. The molecule has 0 aromatic rings. The van der Waals surface area contributed by atoms with Crippen LogP contribution in [0.4, 0.5) is 0 Å². The largest absolute Gasteiger partial charge is 0.481 e. The van der Waals surface area contributed by atoms with Crippen LogP contribution >= 0.6 is 0 Å². The highest BCUT2D eigenvalue weighted by Crippen LogP contribution is 2.17. The lowest BCUT2D eigenvalue weighted by Crippen LogP contribution is -2.33. The van der Waals surface area contributed by atoms with Gasteiger partial charge in [0.15, 0.2) is 0 Å². The van der Waals surface area contributed by atoms with E-state index in [4.69, 9.17) is 9.84 Å². The SMILES string of the molecule is CCN(CCC(=O)O)C(=O)CCC1CCCO1. The Morgan fingerprint density at radius 2 is 2.18 bits per heavy atom. The molecule has 98 valence electrons. The lowest BCUT2D eigenvalue weighted by atomic mass is 10.1. The monoisotopic (exact) mass is 243 g/mol. The number of carboxylic acids is 1. The number of amides is 1. The molecule has 0 bridgehead atoms. The second-order valence-corrected chi connectivity index (χ2v) is 4.29. The van der Waals surface area contributed by atoms with Crippen LogP contribution in [0.15, 0.2) is 0 Å². The van der Waals surface area contributed by atoms with Crippen molar-refractivity contribution in [3.05, 3.63) is 0 Å². The number of ether oxygens (including phenoxy) is 1. The van der Waals surface area contributed by atoms with Crippen LogP contribution in [0, 0.1) is 0 Å². The standard InChI is InChI=1S/C12H21NO4/c1-2-13(8-7-12(15)16)11(14)6-5-10-4-3-9-17-10/h10H,2-9H2,1H3,(H,15,16). The van der Waals surface area contributed by atoms with Gasteiger partial charge in [0.1, 0.15) is 0 Å². The van der Waals surface area contributed by atoms with E-state index >= 15 is 0 Å². The molecule has 5 nitrogen and oxygen atoms in total. The fraction of sp³-hybridized carbons (Fsp3) is 0.833. The lowest BCUT2D eigenvalue weighted by Gasteiger charge is -2.20. The highest BCUT2D eigenvalue weighted by Gasteiger charge is 2.19. The molecule has 1 N–H and O–H groups in total. The molecule has 1 rings (SSSR count). The van der Waals surface area contributed by atoms with Gasteiger partial charge >= 0.3 is 5.97 Å². The highest BCUT2D eigenvalue weighted by molar-refractivity contribution is 5.77. The van der Waals surface area contributed by atoms with E-state index in [1.807, 2.05) is 6.92 Å². The van der Waals surface area contributed by atoms with Gasteiger partial charge in [0.2, 0.25) is 5.91 Å². The molecule has 1 atom stereocenters. The van der Waals surface area contributed by atoms with Crippen molar-refractivity contribution in [2.45, 2.75) is 45.1 Å². The van der Waals surface area contributed by atoms with E-state index in [0.717, 1.165) is 25.9 Å². The van der Waals surface area contributed by atoms with Gasteiger partial charge in [-0.05, 0) is 26.2 Å². The summed E-state index contributed by atoms with van der Waals surface area (Å²) in [5.74, 6) is -0.834. The second-order valence-electron chi connectivity index (χ2n) is 4.29. The Bertz CT molecular complexity index is 261. The molecule has 1 aliphatic rings. The molecule has 0 spiro atoms. The minimum atomic E-state index is -0.865. The number of hydrogen-bond donors (Lipinski definition) is 1. The maximum absolute atomic E-state index is 11.8. The number of carbonyl (C=O) groups excluding carboxylic acids is 1. The predicted octanol–water partition coefficient (Wildman–Crippen LogP) is 1.27. The molecular formula is C12H21NO4. The van der Waals surface area contributed by atoms with E-state index in [1.165, 1.54) is 0 Å². The van der Waals surface area contributed by atoms with Crippen LogP contribution in [-0.4, -0.2) is 47.7 Å². The molecule has 1 aliphatic heterocycles. The second kappa shape index (κ2) is 7.27. The van der Waals surface area contributed by atoms with Gasteiger partial charge in [-0.25, -0.2) is 0 Å². The zero-order valence-corrected chi connectivity index (χ0v) is 10.4. The molecule has 0 saturated carbocycles. The molecule has 0 radical (unpaired) electrons. The third kappa shape index (κ3) is 5.17. The summed E-state index contributed by atoms with van der Waals surface area (Å²) >= 11 is 0. The molecule has 1 unspecified atom stereocenters. The van der Waals surface area contributed by atoms with Gasteiger partial charge < -0.3 is 14.7 Å². The van der Waals surface area contributed by atoms with Crippen molar-refractivity contribution in [1.29, 1.82) is 0 Å². The van der Waals surface area contributed by atoms with E-state index in [0.29, 0.717) is 19.5 Å². The van der Waals surface area contributed by atoms with Crippen LogP contribution in [0.1, 0.15) is 39.0 Å². The Labute approximate surface area is 102 Å². The van der Waals surface area contributed by atoms with Crippen molar-refractivity contribution in [3.63, 3.8) is 0 Å². The summed E-state index contributed by atoms with van der Waals surface area (Å²) in [4.78, 5) is 23.9. The van der Waals surface area contributed by atoms with Crippen LogP contribution in [0.3, 0.4) is 0 Å². The molecule has 0 aliphatic carbocycles. The summed E-state index contributed by atoms with van der Waals surface area (Å²) in [7, 11) is 0. The molecule has 0 aromatic heterocycles. The summed E-state index contributed by atoms with van der Waals surface area (Å²) in [6, 6.07) is 0. The van der Waals surface area contributed by atoms with Crippen molar-refractivity contribution in [1.82, 2.24) is 4.90 Å². The topological polar surface area (TPSA) is 66.8 Å². The van der Waals surface area contributed by atoms with Crippen LogP contribution < -0.4 is 0 Å². The van der Waals surface area contributed by atoms with Crippen molar-refractivity contribution >= 4 is 11.9 Å². The first kappa shape index (κ1) is 14.0. The Morgan fingerprint density at radius 1 is 1.41 bits per heavy atom. The van der Waals surface area contributed by atoms with Crippen LogP contribution in [0.2, 0.25) is 0 Å². The Morgan fingerprint density at radius 3 is 2.71 bits per heavy atom. The van der Waals surface area contributed by atoms with Crippen LogP contribution in [-0.2, 0) is 14.3 Å². The van der Waals surface area contributed by atoms with Gasteiger partial charge in [-0.2, -0.15) is 0 Å². The number of carboxylic acid groups (broad SMARTS) is 1. The van der Waals surface area contributed by atoms with Gasteiger partial charge in [-0.3, -0.25) is 9.59 Å². The van der Waals surface area contributed by atoms with Gasteiger partial charge in [0, 0.05) is 26.1 Å². The summed E-state index contributed by atoms with van der Waals surface area (Å²) in [5.41, 5.74) is 0. The summed E-state index contributed by atoms with van der Waals surface area (Å²) in [6.07, 6.45) is 3.56. The van der Waals surface area contributed by atoms with Gasteiger partial charge in [0.05, 0.1) is 12.5 Å². The van der Waals surface area contributed by atoms with Crippen molar-refractivity contribution < 1.29 is 19.4 Å². The molecule has 0 aromatic carbocycles. The highest BCUT2D eigenvalue weighted by atomic mass is 16.5. The molecule has 5 heteroatoms. The van der Waals surface area contributed by atoms with E-state index < -0.39 is 5.97 Å². The van der Waals surface area contributed by atoms with E-state index in [9.17, 15) is 9.59 Å². The van der Waals surface area contributed by atoms with Crippen molar-refractivity contribution in [2.75, 3.05) is 19.7 Å². The molecule has 1 saturated heterocycles. The Hall–Kier alpha value is -1.10. The number of aliphatic carboxylic acids is 1. The van der Waals surface area contributed by atoms with Gasteiger partial charge in [-0.15, -0.1) is 0 Å². The average Bonchev–Trinajstić information content (AvgIpc) is 2.79. The summed E-state index contributed by atoms with van der Waals surface area (Å²) < 4.78 is 5.45. The molecular weight excluding hydrogens is 222 g/mol. The fourth-order valence-electron chi connectivity index (χ4n) is 2.00. The minimum absolute atomic E-state index is 0.0134. The molecule has 1 amide bonds. The fourth-order valence-corrected chi connectivity index (χ4v) is 2.00. The Balaban J connectivity index is 2.24. The van der Waals surface area contributed by atoms with E-state index in [1.54, 1.807) is 4.90 Å². The predicted molar refractivity (Wildman–Crippen MR) is 62.7 cm³/mol. The third-order valence-electron chi connectivity index (χ3n) is 3.03. The molecule has 1 heterocycles. The number of rotatable bonds is 7. The third-order valence-corrected chi connectivity index (χ3v) is 3.03. The van der Waals surface area contributed by atoms with E-state index in [2.05, 4.69) is 0 Å². The van der Waals surface area contributed by atoms with Crippen LogP contribution in [0.25, 0.3) is 0 Å². The summed E-state index contributed by atoms with van der Waals surface area (Å²) in [6.45, 7) is 3.54. The van der Waals surface area contributed by atoms with E-state index in [-0.39, 0.29) is 18.4 Å². The normalized spacial score (nSPS) is 19.2. The maximum Gasteiger partial charge on any atom is 0.305 e. The maximum atomic E-state index is 11.8. The average molecular weight is 243 g/mol. The Kier molecular flexibility index (Phi) is 5.97. The smallest absolute Gasteiger partial charge is 0.305 e. The quantitative estimate of drug-likeness (QED) is 0.731. The first-order valence-electron chi connectivity index (χ1n) is 6.24. The van der Waals surface area contributed by atoms with Gasteiger partial charge in [0.25, 0.3) is 0 Å². The van der Waals surface area contributed by atoms with Crippen molar-refractivity contribution in [2.24, 2.45) is 0 Å².